The Balaban J connectivity index is 1.91. The summed E-state index contributed by atoms with van der Waals surface area (Å²) in [5.74, 6) is 0.154. The first-order chi connectivity index (χ1) is 9.08. The monoisotopic (exact) mass is 263 g/mol. The van der Waals surface area contributed by atoms with Gasteiger partial charge >= 0.3 is 0 Å². The molecule has 0 fully saturated rings. The van der Waals surface area contributed by atoms with Crippen molar-refractivity contribution in [2.75, 3.05) is 10.6 Å². The highest BCUT2D eigenvalue weighted by Crippen LogP contribution is 2.11. The van der Waals surface area contributed by atoms with Gasteiger partial charge in [0, 0.05) is 18.8 Å². The first-order valence-electron chi connectivity index (χ1n) is 6.11. The van der Waals surface area contributed by atoms with Crippen LogP contribution in [-0.2, 0) is 11.3 Å². The largest absolute Gasteiger partial charge is 0.371 e. The van der Waals surface area contributed by atoms with Crippen LogP contribution in [0.3, 0.4) is 0 Å². The van der Waals surface area contributed by atoms with E-state index in [0.29, 0.717) is 5.88 Å². The first kappa shape index (κ1) is 13.1. The fraction of sp³-hybridized carbons (Fsp3) is 0.417. The predicted molar refractivity (Wildman–Crippen MR) is 70.9 cm³/mol. The summed E-state index contributed by atoms with van der Waals surface area (Å²) in [6.07, 6.45) is 3.54. The molecule has 7 heteroatoms. The second-order valence-corrected chi connectivity index (χ2v) is 4.27. The molecule has 1 atom stereocenters. The molecule has 2 N–H and O–H groups in total. The fourth-order valence-corrected chi connectivity index (χ4v) is 1.58. The molecule has 102 valence electrons. The highest BCUT2D eigenvalue weighted by atomic mass is 16.5. The maximum Gasteiger partial charge on any atom is 0.248 e. The van der Waals surface area contributed by atoms with Gasteiger partial charge in [-0.05, 0) is 20.8 Å². The molecule has 7 nitrogen and oxygen atoms in total. The lowest BCUT2D eigenvalue weighted by Gasteiger charge is -2.12. The summed E-state index contributed by atoms with van der Waals surface area (Å²) in [7, 11) is 0. The predicted octanol–water partition coefficient (Wildman–Crippen LogP) is 1.64. The highest BCUT2D eigenvalue weighted by molar-refractivity contribution is 5.95. The minimum atomic E-state index is -0.403. The fourth-order valence-electron chi connectivity index (χ4n) is 1.58. The standard InChI is InChI=1S/C12H17N5O2/c1-4-17-7-10(6-13-17)14-9(3)12(18)15-11-5-8(2)16-19-11/h5-7,9,14H,4H2,1-3H3,(H,15,18). The second-order valence-electron chi connectivity index (χ2n) is 4.27. The molecule has 0 spiro atoms. The van der Waals surface area contributed by atoms with Gasteiger partial charge in [0.05, 0.1) is 17.6 Å². The second kappa shape index (κ2) is 5.55. The maximum absolute atomic E-state index is 11.9. The van der Waals surface area contributed by atoms with E-state index in [2.05, 4.69) is 20.9 Å². The minimum Gasteiger partial charge on any atom is -0.371 e. The van der Waals surface area contributed by atoms with Gasteiger partial charge in [0.25, 0.3) is 0 Å². The molecular weight excluding hydrogens is 246 g/mol. The van der Waals surface area contributed by atoms with Crippen LogP contribution in [0.2, 0.25) is 0 Å². The van der Waals surface area contributed by atoms with E-state index < -0.39 is 6.04 Å². The Bertz CT molecular complexity index is 560. The number of nitrogens with one attached hydrogen (secondary N) is 2. The van der Waals surface area contributed by atoms with Crippen LogP contribution in [0.25, 0.3) is 0 Å². The molecule has 19 heavy (non-hydrogen) atoms. The van der Waals surface area contributed by atoms with E-state index in [1.807, 2.05) is 13.1 Å². The van der Waals surface area contributed by atoms with Crippen LogP contribution in [-0.4, -0.2) is 26.9 Å². The van der Waals surface area contributed by atoms with Gasteiger partial charge in [0.2, 0.25) is 11.8 Å². The van der Waals surface area contributed by atoms with Gasteiger partial charge in [-0.2, -0.15) is 5.10 Å². The number of hydrogen-bond acceptors (Lipinski definition) is 5. The summed E-state index contributed by atoms with van der Waals surface area (Å²) in [4.78, 5) is 11.9. The molecule has 0 saturated heterocycles. The molecule has 2 rings (SSSR count). The molecule has 0 aliphatic heterocycles. The van der Waals surface area contributed by atoms with Crippen molar-refractivity contribution in [2.24, 2.45) is 0 Å². The van der Waals surface area contributed by atoms with Crippen LogP contribution in [0.4, 0.5) is 11.6 Å². The highest BCUT2D eigenvalue weighted by Gasteiger charge is 2.15. The molecule has 2 aromatic heterocycles. The molecule has 0 aliphatic rings. The third kappa shape index (κ3) is 3.34. The number of carbonyl (C=O) groups excluding carboxylic acids is 1. The normalized spacial score (nSPS) is 12.2. The summed E-state index contributed by atoms with van der Waals surface area (Å²) in [6.45, 7) is 6.35. The zero-order valence-corrected chi connectivity index (χ0v) is 11.2. The third-order valence-corrected chi connectivity index (χ3v) is 2.61. The minimum absolute atomic E-state index is 0.194. The van der Waals surface area contributed by atoms with E-state index in [1.165, 1.54) is 0 Å². The van der Waals surface area contributed by atoms with Crippen molar-refractivity contribution in [1.82, 2.24) is 14.9 Å². The molecule has 1 unspecified atom stereocenters. The molecule has 1 amide bonds. The molecule has 0 aromatic carbocycles. The molecule has 2 aromatic rings. The number of rotatable bonds is 5. The van der Waals surface area contributed by atoms with Crippen LogP contribution in [0.5, 0.6) is 0 Å². The van der Waals surface area contributed by atoms with Gasteiger partial charge in [-0.15, -0.1) is 0 Å². The number of carbonyl (C=O) groups is 1. The SMILES string of the molecule is CCn1cc(NC(C)C(=O)Nc2cc(C)no2)cn1. The van der Waals surface area contributed by atoms with Gasteiger partial charge in [-0.1, -0.05) is 5.16 Å². The van der Waals surface area contributed by atoms with Crippen LogP contribution >= 0.6 is 0 Å². The van der Waals surface area contributed by atoms with Crippen molar-refractivity contribution in [3.05, 3.63) is 24.2 Å². The van der Waals surface area contributed by atoms with Crippen LogP contribution < -0.4 is 10.6 Å². The first-order valence-corrected chi connectivity index (χ1v) is 6.11. The Morgan fingerprint density at radius 3 is 2.95 bits per heavy atom. The number of aromatic nitrogens is 3. The van der Waals surface area contributed by atoms with E-state index in [-0.39, 0.29) is 5.91 Å². The molecule has 0 saturated carbocycles. The number of amides is 1. The Morgan fingerprint density at radius 1 is 1.58 bits per heavy atom. The van der Waals surface area contributed by atoms with Crippen LogP contribution in [0.15, 0.2) is 23.0 Å². The molecule has 0 aliphatic carbocycles. The van der Waals surface area contributed by atoms with E-state index in [4.69, 9.17) is 4.52 Å². The van der Waals surface area contributed by atoms with E-state index >= 15 is 0 Å². The van der Waals surface area contributed by atoms with E-state index in [1.54, 1.807) is 30.8 Å². The van der Waals surface area contributed by atoms with Crippen molar-refractivity contribution in [1.29, 1.82) is 0 Å². The van der Waals surface area contributed by atoms with E-state index in [9.17, 15) is 4.79 Å². The lowest BCUT2D eigenvalue weighted by molar-refractivity contribution is -0.116. The smallest absolute Gasteiger partial charge is 0.248 e. The average Bonchev–Trinajstić information content (AvgIpc) is 2.98. The number of anilines is 2. The Hall–Kier alpha value is -2.31. The van der Waals surface area contributed by atoms with Gasteiger partial charge in [-0.25, -0.2) is 0 Å². The molecule has 0 bridgehead atoms. The van der Waals surface area contributed by atoms with Gasteiger partial charge in [0.1, 0.15) is 6.04 Å². The number of aryl methyl sites for hydroxylation is 2. The quantitative estimate of drug-likeness (QED) is 0.856. The van der Waals surface area contributed by atoms with Crippen molar-refractivity contribution >= 4 is 17.5 Å². The Labute approximate surface area is 111 Å². The van der Waals surface area contributed by atoms with Crippen LogP contribution in [0, 0.1) is 6.92 Å². The van der Waals surface area contributed by atoms with Gasteiger partial charge in [0.15, 0.2) is 0 Å². The Morgan fingerprint density at radius 2 is 2.37 bits per heavy atom. The van der Waals surface area contributed by atoms with Gasteiger partial charge in [-0.3, -0.25) is 14.8 Å². The van der Waals surface area contributed by atoms with Gasteiger partial charge < -0.3 is 9.84 Å². The van der Waals surface area contributed by atoms with E-state index in [0.717, 1.165) is 17.9 Å². The summed E-state index contributed by atoms with van der Waals surface area (Å²) in [5, 5.41) is 13.5. The molecule has 2 heterocycles. The molecular formula is C12H17N5O2. The summed E-state index contributed by atoms with van der Waals surface area (Å²) >= 11 is 0. The summed E-state index contributed by atoms with van der Waals surface area (Å²) in [5.41, 5.74) is 1.53. The third-order valence-electron chi connectivity index (χ3n) is 2.61. The zero-order valence-electron chi connectivity index (χ0n) is 11.2. The topological polar surface area (TPSA) is 85.0 Å². The lowest BCUT2D eigenvalue weighted by Crippen LogP contribution is -2.31. The summed E-state index contributed by atoms with van der Waals surface area (Å²) in [6, 6.07) is 1.26. The van der Waals surface area contributed by atoms with Crippen molar-refractivity contribution in [3.63, 3.8) is 0 Å². The number of hydrogen-bond donors (Lipinski definition) is 2. The summed E-state index contributed by atoms with van der Waals surface area (Å²) < 4.78 is 6.72. The Kier molecular flexibility index (Phi) is 3.84. The number of nitrogens with zero attached hydrogens (tertiary/aromatic N) is 3. The van der Waals surface area contributed by atoms with Crippen molar-refractivity contribution in [3.8, 4) is 0 Å². The van der Waals surface area contributed by atoms with Crippen molar-refractivity contribution in [2.45, 2.75) is 33.4 Å². The lowest BCUT2D eigenvalue weighted by atomic mass is 10.3. The van der Waals surface area contributed by atoms with Crippen molar-refractivity contribution < 1.29 is 9.32 Å². The average molecular weight is 263 g/mol. The zero-order chi connectivity index (χ0) is 13.8. The van der Waals surface area contributed by atoms with Crippen LogP contribution in [0.1, 0.15) is 19.5 Å². The molecule has 0 radical (unpaired) electrons. The maximum atomic E-state index is 11.9.